The molecular formula is C20H17N3O3. The molecule has 0 unspecified atom stereocenters. The molecule has 6 heteroatoms. The van der Waals surface area contributed by atoms with Gasteiger partial charge < -0.3 is 13.8 Å². The maximum atomic E-state index is 12.6. The number of ether oxygens (including phenoxy) is 1. The second-order valence-corrected chi connectivity index (χ2v) is 6.04. The largest absolute Gasteiger partial charge is 0.449 e. The van der Waals surface area contributed by atoms with Crippen LogP contribution in [0.3, 0.4) is 0 Å². The normalized spacial score (nSPS) is 12.2. The molecule has 0 fully saturated rings. The molecule has 6 nitrogen and oxygen atoms in total. The number of rotatable bonds is 4. The summed E-state index contributed by atoms with van der Waals surface area (Å²) < 4.78 is 12.7. The molecule has 0 aliphatic heterocycles. The molecule has 0 saturated carbocycles. The smallest absolute Gasteiger partial charge is 0.341 e. The fourth-order valence-corrected chi connectivity index (χ4v) is 2.88. The van der Waals surface area contributed by atoms with E-state index in [9.17, 15) is 4.79 Å². The summed E-state index contributed by atoms with van der Waals surface area (Å²) in [6.07, 6.45) is 1.12. The monoisotopic (exact) mass is 347 g/mol. The van der Waals surface area contributed by atoms with E-state index in [0.29, 0.717) is 11.4 Å². The minimum absolute atomic E-state index is 0.262. The Hall–Kier alpha value is -3.41. The number of carbonyl (C=O) groups excluding carboxylic acids is 1. The Labute approximate surface area is 150 Å². The van der Waals surface area contributed by atoms with E-state index in [4.69, 9.17) is 9.26 Å². The van der Waals surface area contributed by atoms with Crippen LogP contribution in [-0.2, 0) is 11.8 Å². The maximum Gasteiger partial charge on any atom is 0.341 e. The number of nitrogens with zero attached hydrogens (tertiary/aromatic N) is 3. The Morgan fingerprint density at radius 3 is 2.65 bits per heavy atom. The molecule has 4 aromatic rings. The van der Waals surface area contributed by atoms with Crippen LogP contribution in [0.5, 0.6) is 0 Å². The van der Waals surface area contributed by atoms with Crippen LogP contribution in [-0.4, -0.2) is 20.7 Å². The highest BCUT2D eigenvalue weighted by atomic mass is 16.6. The van der Waals surface area contributed by atoms with Crippen LogP contribution >= 0.6 is 0 Å². The SMILES string of the molecule is C[C@H](OC(=O)c1cn(C)c2ccccc12)c1nc(-c2ccccc2)no1. The van der Waals surface area contributed by atoms with Gasteiger partial charge in [0.25, 0.3) is 5.89 Å². The first-order valence-corrected chi connectivity index (χ1v) is 8.27. The van der Waals surface area contributed by atoms with E-state index < -0.39 is 12.1 Å². The summed E-state index contributed by atoms with van der Waals surface area (Å²) in [5.41, 5.74) is 2.32. The fourth-order valence-electron chi connectivity index (χ4n) is 2.88. The average molecular weight is 347 g/mol. The summed E-state index contributed by atoms with van der Waals surface area (Å²) in [5, 5.41) is 4.81. The number of hydrogen-bond donors (Lipinski definition) is 0. The van der Waals surface area contributed by atoms with Crippen LogP contribution in [0.15, 0.2) is 65.3 Å². The molecule has 130 valence electrons. The molecule has 0 N–H and O–H groups in total. The van der Waals surface area contributed by atoms with Crippen LogP contribution in [0.2, 0.25) is 0 Å². The lowest BCUT2D eigenvalue weighted by molar-refractivity contribution is 0.0267. The molecule has 26 heavy (non-hydrogen) atoms. The Bertz CT molecular complexity index is 1070. The van der Waals surface area contributed by atoms with Crippen molar-refractivity contribution in [3.05, 3.63) is 72.2 Å². The van der Waals surface area contributed by atoms with Crippen molar-refractivity contribution >= 4 is 16.9 Å². The van der Waals surface area contributed by atoms with Gasteiger partial charge in [-0.3, -0.25) is 0 Å². The van der Waals surface area contributed by atoms with Gasteiger partial charge >= 0.3 is 5.97 Å². The first-order chi connectivity index (χ1) is 12.6. The van der Waals surface area contributed by atoms with Crippen molar-refractivity contribution in [1.82, 2.24) is 14.7 Å². The van der Waals surface area contributed by atoms with Crippen LogP contribution in [0.25, 0.3) is 22.3 Å². The summed E-state index contributed by atoms with van der Waals surface area (Å²) in [6, 6.07) is 17.2. The van der Waals surface area contributed by atoms with Gasteiger partial charge in [-0.1, -0.05) is 53.7 Å². The lowest BCUT2D eigenvalue weighted by Gasteiger charge is -2.08. The van der Waals surface area contributed by atoms with Gasteiger partial charge in [0.2, 0.25) is 5.82 Å². The first-order valence-electron chi connectivity index (χ1n) is 8.27. The average Bonchev–Trinajstić information content (AvgIpc) is 3.28. The van der Waals surface area contributed by atoms with Gasteiger partial charge in [0.15, 0.2) is 6.10 Å². The molecule has 0 amide bonds. The number of aryl methyl sites for hydroxylation is 1. The summed E-state index contributed by atoms with van der Waals surface area (Å²) in [4.78, 5) is 16.9. The molecule has 2 aromatic carbocycles. The molecule has 1 atom stereocenters. The molecule has 0 saturated heterocycles. The van der Waals surface area contributed by atoms with Gasteiger partial charge in [-0.25, -0.2) is 4.79 Å². The van der Waals surface area contributed by atoms with Crippen molar-refractivity contribution in [2.45, 2.75) is 13.0 Å². The summed E-state index contributed by atoms with van der Waals surface area (Å²) in [5.74, 6) is 0.305. The number of hydrogen-bond acceptors (Lipinski definition) is 5. The van der Waals surface area contributed by atoms with Gasteiger partial charge in [-0.05, 0) is 13.0 Å². The van der Waals surface area contributed by atoms with Crippen LogP contribution in [0.1, 0.15) is 29.3 Å². The van der Waals surface area contributed by atoms with Crippen LogP contribution < -0.4 is 0 Å². The summed E-state index contributed by atoms with van der Waals surface area (Å²) in [6.45, 7) is 1.71. The Balaban J connectivity index is 1.55. The highest BCUT2D eigenvalue weighted by molar-refractivity contribution is 6.04. The number of esters is 1. The molecule has 0 spiro atoms. The van der Waals surface area contributed by atoms with Gasteiger partial charge in [-0.15, -0.1) is 0 Å². The standard InChI is InChI=1S/C20H17N3O3/c1-13(19-21-18(22-26-19)14-8-4-3-5-9-14)25-20(24)16-12-23(2)17-11-7-6-10-15(16)17/h3-13H,1-2H3/t13-/m0/s1. The molecule has 2 heterocycles. The third-order valence-electron chi connectivity index (χ3n) is 4.22. The highest BCUT2D eigenvalue weighted by Crippen LogP contribution is 2.25. The number of para-hydroxylation sites is 1. The molecule has 0 radical (unpaired) electrons. The maximum absolute atomic E-state index is 12.6. The summed E-state index contributed by atoms with van der Waals surface area (Å²) in [7, 11) is 1.90. The molecule has 0 aliphatic carbocycles. The first kappa shape index (κ1) is 16.1. The number of aromatic nitrogens is 3. The van der Waals surface area contributed by atoms with Crippen molar-refractivity contribution in [2.24, 2.45) is 7.05 Å². The topological polar surface area (TPSA) is 70.2 Å². The van der Waals surface area contributed by atoms with Crippen molar-refractivity contribution < 1.29 is 14.1 Å². The van der Waals surface area contributed by atoms with Crippen molar-refractivity contribution in [1.29, 1.82) is 0 Å². The van der Waals surface area contributed by atoms with Gasteiger partial charge in [0.05, 0.1) is 5.56 Å². The zero-order valence-electron chi connectivity index (χ0n) is 14.4. The Morgan fingerprint density at radius 2 is 1.85 bits per heavy atom. The van der Waals surface area contributed by atoms with Crippen molar-refractivity contribution in [3.63, 3.8) is 0 Å². The predicted molar refractivity (Wildman–Crippen MR) is 96.5 cm³/mol. The van der Waals surface area contributed by atoms with E-state index in [1.807, 2.05) is 66.2 Å². The lowest BCUT2D eigenvalue weighted by atomic mass is 10.2. The molecule has 0 aliphatic rings. The molecule has 0 bridgehead atoms. The zero-order chi connectivity index (χ0) is 18.1. The van der Waals surface area contributed by atoms with Crippen LogP contribution in [0.4, 0.5) is 0 Å². The quantitative estimate of drug-likeness (QED) is 0.519. The molecule has 2 aromatic heterocycles. The lowest BCUT2D eigenvalue weighted by Crippen LogP contribution is -2.09. The van der Waals surface area contributed by atoms with E-state index in [2.05, 4.69) is 10.1 Å². The minimum Gasteiger partial charge on any atom is -0.449 e. The Morgan fingerprint density at radius 1 is 1.12 bits per heavy atom. The number of benzene rings is 2. The van der Waals surface area contributed by atoms with E-state index in [-0.39, 0.29) is 5.89 Å². The minimum atomic E-state index is -0.647. The second-order valence-electron chi connectivity index (χ2n) is 6.04. The van der Waals surface area contributed by atoms with Gasteiger partial charge in [-0.2, -0.15) is 4.98 Å². The third-order valence-corrected chi connectivity index (χ3v) is 4.22. The van der Waals surface area contributed by atoms with E-state index in [1.54, 1.807) is 13.1 Å². The molecule has 4 rings (SSSR count). The van der Waals surface area contributed by atoms with E-state index in [1.165, 1.54) is 0 Å². The number of fused-ring (bicyclic) bond motifs is 1. The number of carbonyl (C=O) groups is 1. The van der Waals surface area contributed by atoms with Crippen LogP contribution in [0, 0.1) is 0 Å². The molecular weight excluding hydrogens is 330 g/mol. The Kier molecular flexibility index (Phi) is 4.01. The summed E-state index contributed by atoms with van der Waals surface area (Å²) >= 11 is 0. The van der Waals surface area contributed by atoms with E-state index >= 15 is 0 Å². The van der Waals surface area contributed by atoms with Crippen molar-refractivity contribution in [3.8, 4) is 11.4 Å². The second kappa shape index (κ2) is 6.48. The third kappa shape index (κ3) is 2.86. The fraction of sp³-hybridized carbons (Fsp3) is 0.150. The van der Waals surface area contributed by atoms with Gasteiger partial charge in [0, 0.05) is 29.7 Å². The van der Waals surface area contributed by atoms with E-state index in [0.717, 1.165) is 16.5 Å². The predicted octanol–water partition coefficient (Wildman–Crippen LogP) is 4.15. The van der Waals surface area contributed by atoms with Crippen molar-refractivity contribution in [2.75, 3.05) is 0 Å². The zero-order valence-corrected chi connectivity index (χ0v) is 14.4. The highest BCUT2D eigenvalue weighted by Gasteiger charge is 2.22. The van der Waals surface area contributed by atoms with Gasteiger partial charge in [0.1, 0.15) is 0 Å².